The van der Waals surface area contributed by atoms with E-state index >= 15 is 0 Å². The number of hydrogen-bond donors (Lipinski definition) is 2. The fourth-order valence-corrected chi connectivity index (χ4v) is 3.58. The van der Waals surface area contributed by atoms with Crippen LogP contribution in [0.5, 0.6) is 0 Å². The molecule has 1 aliphatic rings. The quantitative estimate of drug-likeness (QED) is 0.770. The van der Waals surface area contributed by atoms with Gasteiger partial charge in [-0.05, 0) is 38.0 Å². The molecule has 0 radical (unpaired) electrons. The number of rotatable bonds is 3. The van der Waals surface area contributed by atoms with Gasteiger partial charge in [-0.2, -0.15) is 0 Å². The van der Waals surface area contributed by atoms with Gasteiger partial charge < -0.3 is 19.8 Å². The highest BCUT2D eigenvalue weighted by molar-refractivity contribution is 6.00. The molecule has 0 aliphatic carbocycles. The molecule has 3 aromatic rings. The minimum absolute atomic E-state index is 0.0547. The van der Waals surface area contributed by atoms with Gasteiger partial charge in [0, 0.05) is 42.7 Å². The topological polar surface area (TPSA) is 78.8 Å². The molecule has 2 aromatic heterocycles. The number of aryl methyl sites for hydroxylation is 1. The van der Waals surface area contributed by atoms with Crippen LogP contribution >= 0.6 is 0 Å². The van der Waals surface area contributed by atoms with Crippen LogP contribution in [0.3, 0.4) is 0 Å². The third-order valence-electron chi connectivity index (χ3n) is 4.90. The molecule has 1 aromatic carbocycles. The number of H-pyrrole nitrogens is 1. The number of nitrogens with one attached hydrogen (secondary N) is 2. The summed E-state index contributed by atoms with van der Waals surface area (Å²) < 4.78 is 2.06. The summed E-state index contributed by atoms with van der Waals surface area (Å²) in [6.07, 6.45) is 5.66. The number of hydrogen-bond acceptors (Lipinski definition) is 3. The van der Waals surface area contributed by atoms with Crippen molar-refractivity contribution in [2.24, 2.45) is 0 Å². The number of fused-ring (bicyclic) bond motifs is 1. The number of urea groups is 1. The summed E-state index contributed by atoms with van der Waals surface area (Å²) in [5.41, 5.74) is 1.85. The van der Waals surface area contributed by atoms with Gasteiger partial charge in [0.25, 0.3) is 0 Å². The lowest BCUT2D eigenvalue weighted by molar-refractivity contribution is 0.190. The van der Waals surface area contributed by atoms with E-state index in [0.29, 0.717) is 6.54 Å². The van der Waals surface area contributed by atoms with Gasteiger partial charge in [-0.25, -0.2) is 4.79 Å². The SMILES string of the molecule is CCn1cnnc1[C@H]1CCCN(C(=O)Nc2cccc3[nH]ccc23)C1. The van der Waals surface area contributed by atoms with Gasteiger partial charge in [-0.15, -0.1) is 10.2 Å². The van der Waals surface area contributed by atoms with Crippen LogP contribution in [-0.2, 0) is 6.54 Å². The average Bonchev–Trinajstić information content (AvgIpc) is 3.31. The van der Waals surface area contributed by atoms with E-state index in [9.17, 15) is 4.79 Å². The number of anilines is 1. The van der Waals surface area contributed by atoms with E-state index in [4.69, 9.17) is 0 Å². The largest absolute Gasteiger partial charge is 0.361 e. The summed E-state index contributed by atoms with van der Waals surface area (Å²) in [7, 11) is 0. The van der Waals surface area contributed by atoms with Gasteiger partial charge in [0.15, 0.2) is 0 Å². The zero-order valence-corrected chi connectivity index (χ0v) is 14.3. The number of benzene rings is 1. The predicted molar refractivity (Wildman–Crippen MR) is 96.6 cm³/mol. The molecule has 2 N–H and O–H groups in total. The molecular weight excluding hydrogens is 316 g/mol. The Hall–Kier alpha value is -2.83. The van der Waals surface area contributed by atoms with E-state index in [1.165, 1.54) is 0 Å². The van der Waals surface area contributed by atoms with Crippen molar-refractivity contribution in [2.75, 3.05) is 18.4 Å². The molecule has 0 unspecified atom stereocenters. The average molecular weight is 338 g/mol. The second-order valence-corrected chi connectivity index (χ2v) is 6.43. The third-order valence-corrected chi connectivity index (χ3v) is 4.90. The Labute approximate surface area is 146 Å². The molecule has 1 atom stereocenters. The molecule has 7 heteroatoms. The van der Waals surface area contributed by atoms with Crippen molar-refractivity contribution < 1.29 is 4.79 Å². The molecule has 7 nitrogen and oxygen atoms in total. The van der Waals surface area contributed by atoms with Crippen molar-refractivity contribution in [1.29, 1.82) is 0 Å². The van der Waals surface area contributed by atoms with Crippen LogP contribution < -0.4 is 5.32 Å². The highest BCUT2D eigenvalue weighted by atomic mass is 16.2. The molecular formula is C18H22N6O. The van der Waals surface area contributed by atoms with Gasteiger partial charge in [0.05, 0.1) is 5.69 Å². The van der Waals surface area contributed by atoms with Gasteiger partial charge in [-0.1, -0.05) is 6.07 Å². The minimum atomic E-state index is -0.0547. The van der Waals surface area contributed by atoms with E-state index < -0.39 is 0 Å². The predicted octanol–water partition coefficient (Wildman–Crippen LogP) is 3.19. The normalized spacial score (nSPS) is 17.8. The Kier molecular flexibility index (Phi) is 4.13. The molecule has 0 bridgehead atoms. The summed E-state index contributed by atoms with van der Waals surface area (Å²) in [4.78, 5) is 17.8. The summed E-state index contributed by atoms with van der Waals surface area (Å²) in [5, 5.41) is 12.4. The lowest BCUT2D eigenvalue weighted by Gasteiger charge is -2.32. The van der Waals surface area contributed by atoms with Crippen molar-refractivity contribution >= 4 is 22.6 Å². The van der Waals surface area contributed by atoms with E-state index in [0.717, 1.165) is 48.3 Å². The molecule has 1 fully saturated rings. The zero-order valence-electron chi connectivity index (χ0n) is 14.3. The first-order valence-electron chi connectivity index (χ1n) is 8.76. The number of piperidine rings is 1. The number of amides is 2. The van der Waals surface area contributed by atoms with Crippen molar-refractivity contribution in [3.63, 3.8) is 0 Å². The van der Waals surface area contributed by atoms with Crippen molar-refractivity contribution in [2.45, 2.75) is 32.2 Å². The molecule has 25 heavy (non-hydrogen) atoms. The Morgan fingerprint density at radius 1 is 1.40 bits per heavy atom. The number of carbonyl (C=O) groups is 1. The van der Waals surface area contributed by atoms with Crippen LogP contribution in [0.1, 0.15) is 31.5 Å². The van der Waals surface area contributed by atoms with Crippen LogP contribution in [0.25, 0.3) is 10.9 Å². The van der Waals surface area contributed by atoms with Gasteiger partial charge >= 0.3 is 6.03 Å². The maximum absolute atomic E-state index is 12.8. The molecule has 4 rings (SSSR count). The first-order chi connectivity index (χ1) is 12.3. The third kappa shape index (κ3) is 2.97. The Balaban J connectivity index is 1.49. The highest BCUT2D eigenvalue weighted by Crippen LogP contribution is 2.27. The van der Waals surface area contributed by atoms with Gasteiger partial charge in [-0.3, -0.25) is 0 Å². The first kappa shape index (κ1) is 15.7. The van der Waals surface area contributed by atoms with Crippen LogP contribution in [0.15, 0.2) is 36.8 Å². The summed E-state index contributed by atoms with van der Waals surface area (Å²) in [5.74, 6) is 1.22. The van der Waals surface area contributed by atoms with Crippen molar-refractivity contribution in [3.05, 3.63) is 42.6 Å². The van der Waals surface area contributed by atoms with E-state index in [2.05, 4.69) is 32.0 Å². The number of aromatic amines is 1. The fourth-order valence-electron chi connectivity index (χ4n) is 3.58. The number of nitrogens with zero attached hydrogens (tertiary/aromatic N) is 4. The Morgan fingerprint density at radius 2 is 2.32 bits per heavy atom. The van der Waals surface area contributed by atoms with Crippen LogP contribution in [-0.4, -0.2) is 43.8 Å². The highest BCUT2D eigenvalue weighted by Gasteiger charge is 2.28. The van der Waals surface area contributed by atoms with Crippen LogP contribution in [0.4, 0.5) is 10.5 Å². The van der Waals surface area contributed by atoms with E-state index in [-0.39, 0.29) is 11.9 Å². The molecule has 1 aliphatic heterocycles. The maximum Gasteiger partial charge on any atom is 0.321 e. The molecule has 0 spiro atoms. The molecule has 2 amide bonds. The maximum atomic E-state index is 12.8. The monoisotopic (exact) mass is 338 g/mol. The number of aromatic nitrogens is 4. The number of likely N-dealkylation sites (tertiary alicyclic amines) is 1. The van der Waals surface area contributed by atoms with Crippen LogP contribution in [0.2, 0.25) is 0 Å². The molecule has 1 saturated heterocycles. The fraction of sp³-hybridized carbons (Fsp3) is 0.389. The standard InChI is InChI=1S/C18H22N6O/c1-2-23-12-20-22-17(23)13-5-4-10-24(11-13)18(25)21-16-7-3-6-15-14(16)8-9-19-15/h3,6-9,12-13,19H,2,4-5,10-11H2,1H3,(H,21,25)/t13-/m0/s1. The van der Waals surface area contributed by atoms with E-state index in [1.54, 1.807) is 6.33 Å². The van der Waals surface area contributed by atoms with Crippen molar-refractivity contribution in [3.8, 4) is 0 Å². The second kappa shape index (κ2) is 6.58. The Bertz CT molecular complexity index is 882. The lowest BCUT2D eigenvalue weighted by atomic mass is 9.97. The van der Waals surface area contributed by atoms with Crippen molar-refractivity contribution in [1.82, 2.24) is 24.6 Å². The van der Waals surface area contributed by atoms with Gasteiger partial charge in [0.2, 0.25) is 0 Å². The molecule has 130 valence electrons. The van der Waals surface area contributed by atoms with Gasteiger partial charge in [0.1, 0.15) is 12.2 Å². The summed E-state index contributed by atoms with van der Waals surface area (Å²) >= 11 is 0. The van der Waals surface area contributed by atoms with E-state index in [1.807, 2.05) is 35.4 Å². The summed E-state index contributed by atoms with van der Waals surface area (Å²) in [6.45, 7) is 4.37. The summed E-state index contributed by atoms with van der Waals surface area (Å²) in [6, 6.07) is 7.80. The lowest BCUT2D eigenvalue weighted by Crippen LogP contribution is -2.42. The number of carbonyl (C=O) groups excluding carboxylic acids is 1. The molecule has 0 saturated carbocycles. The minimum Gasteiger partial charge on any atom is -0.361 e. The van der Waals surface area contributed by atoms with Crippen LogP contribution in [0, 0.1) is 0 Å². The smallest absolute Gasteiger partial charge is 0.321 e. The second-order valence-electron chi connectivity index (χ2n) is 6.43. The molecule has 3 heterocycles. The first-order valence-corrected chi connectivity index (χ1v) is 8.76. The Morgan fingerprint density at radius 3 is 3.20 bits per heavy atom. The zero-order chi connectivity index (χ0) is 17.2.